The van der Waals surface area contributed by atoms with Crippen molar-refractivity contribution in [3.8, 4) is 23.0 Å². The number of aliphatic hydroxyl groups excluding tert-OH is 5. The van der Waals surface area contributed by atoms with Gasteiger partial charge in [-0.15, -0.1) is 0 Å². The molecule has 2 aromatic carbocycles. The molecule has 13 nitrogen and oxygen atoms in total. The Balaban J connectivity index is 1.76. The van der Waals surface area contributed by atoms with Crippen LogP contribution in [0.5, 0.6) is 23.0 Å². The van der Waals surface area contributed by atoms with Crippen molar-refractivity contribution in [3.05, 3.63) is 46.0 Å². The Bertz CT molecular complexity index is 1270. The maximum Gasteiger partial charge on any atom is 0.201 e. The van der Waals surface area contributed by atoms with E-state index < -0.39 is 101 Å². The Kier molecular flexibility index (Phi) is 8.14. The first-order valence-corrected chi connectivity index (χ1v) is 12.3. The van der Waals surface area contributed by atoms with Crippen LogP contribution in [0.15, 0.2) is 18.2 Å². The largest absolute Gasteiger partial charge is 0.508 e. The number of benzene rings is 2. The predicted octanol–water partition coefficient (Wildman–Crippen LogP) is -0.307. The molecule has 39 heavy (non-hydrogen) atoms. The second kappa shape index (κ2) is 11.1. The molecular formula is C26H30O13. The van der Waals surface area contributed by atoms with E-state index in [9.17, 15) is 55.5 Å². The van der Waals surface area contributed by atoms with Crippen LogP contribution in [0.1, 0.15) is 69.7 Å². The zero-order chi connectivity index (χ0) is 28.8. The SMILES string of the molecule is CC(O)CCC[C@H](O[C@@H]1O[C@@H]([C@H](O)CO)[C@H](O)[C@H]1O)c1c(O)cc2c(c1O)C(=O)c1c(O)cc(O)cc1C2=O. The summed E-state index contributed by atoms with van der Waals surface area (Å²) in [5.41, 5.74) is -2.07. The predicted molar refractivity (Wildman–Crippen MR) is 130 cm³/mol. The quantitative estimate of drug-likeness (QED) is 0.167. The van der Waals surface area contributed by atoms with Gasteiger partial charge in [-0.1, -0.05) is 0 Å². The number of carbonyl (C=O) groups is 2. The first-order valence-electron chi connectivity index (χ1n) is 12.3. The Labute approximate surface area is 221 Å². The minimum Gasteiger partial charge on any atom is -0.508 e. The van der Waals surface area contributed by atoms with E-state index in [0.29, 0.717) is 0 Å². The van der Waals surface area contributed by atoms with Crippen molar-refractivity contribution >= 4 is 11.6 Å². The molecule has 4 rings (SSSR count). The van der Waals surface area contributed by atoms with Crippen LogP contribution < -0.4 is 0 Å². The Hall–Kier alpha value is -3.30. The molecule has 212 valence electrons. The fourth-order valence-electron chi connectivity index (χ4n) is 4.94. The Morgan fingerprint density at radius 2 is 1.56 bits per heavy atom. The topological polar surface area (TPSA) is 235 Å². The summed E-state index contributed by atoms with van der Waals surface area (Å²) in [5.74, 6) is -4.50. The van der Waals surface area contributed by atoms with E-state index in [1.54, 1.807) is 0 Å². The van der Waals surface area contributed by atoms with Gasteiger partial charge in [0.2, 0.25) is 5.78 Å². The molecule has 0 bridgehead atoms. The fourth-order valence-corrected chi connectivity index (χ4v) is 4.94. The normalized spacial score (nSPS) is 24.8. The molecule has 2 aliphatic rings. The van der Waals surface area contributed by atoms with E-state index >= 15 is 0 Å². The van der Waals surface area contributed by atoms with Gasteiger partial charge in [-0.05, 0) is 38.3 Å². The van der Waals surface area contributed by atoms with Crippen molar-refractivity contribution in [2.45, 2.75) is 69.1 Å². The number of hydrogen-bond acceptors (Lipinski definition) is 13. The van der Waals surface area contributed by atoms with Gasteiger partial charge in [-0.25, -0.2) is 0 Å². The average Bonchev–Trinajstić information content (AvgIpc) is 3.14. The molecule has 1 aliphatic carbocycles. The van der Waals surface area contributed by atoms with Crippen molar-refractivity contribution < 1.29 is 65.0 Å². The van der Waals surface area contributed by atoms with E-state index in [4.69, 9.17) is 9.47 Å². The lowest BCUT2D eigenvalue weighted by Crippen LogP contribution is -2.40. The molecule has 1 fully saturated rings. The van der Waals surface area contributed by atoms with Gasteiger partial charge in [0, 0.05) is 17.2 Å². The highest BCUT2D eigenvalue weighted by Crippen LogP contribution is 2.47. The first kappa shape index (κ1) is 28.7. The van der Waals surface area contributed by atoms with E-state index in [2.05, 4.69) is 0 Å². The second-order valence-corrected chi connectivity index (χ2v) is 9.73. The van der Waals surface area contributed by atoms with Crippen LogP contribution in [0, 0.1) is 0 Å². The molecule has 0 radical (unpaired) electrons. The highest BCUT2D eigenvalue weighted by atomic mass is 16.7. The van der Waals surface area contributed by atoms with Gasteiger partial charge >= 0.3 is 0 Å². The Morgan fingerprint density at radius 1 is 0.897 bits per heavy atom. The maximum absolute atomic E-state index is 13.3. The summed E-state index contributed by atoms with van der Waals surface area (Å²) in [4.78, 5) is 26.4. The van der Waals surface area contributed by atoms with Gasteiger partial charge in [-0.2, -0.15) is 0 Å². The highest BCUT2D eigenvalue weighted by molar-refractivity contribution is 6.30. The number of ether oxygens (including phenoxy) is 2. The van der Waals surface area contributed by atoms with E-state index in [0.717, 1.165) is 18.2 Å². The van der Waals surface area contributed by atoms with Crippen LogP contribution >= 0.6 is 0 Å². The third-order valence-corrected chi connectivity index (χ3v) is 6.90. The molecule has 0 aromatic heterocycles. The third kappa shape index (κ3) is 5.17. The molecule has 0 amide bonds. The number of fused-ring (bicyclic) bond motifs is 2. The van der Waals surface area contributed by atoms with Crippen LogP contribution in [0.4, 0.5) is 0 Å². The molecule has 2 aromatic rings. The van der Waals surface area contributed by atoms with Gasteiger partial charge < -0.3 is 55.4 Å². The van der Waals surface area contributed by atoms with Crippen molar-refractivity contribution in [2.75, 3.05) is 6.61 Å². The minimum atomic E-state index is -1.71. The molecule has 0 saturated carbocycles. The monoisotopic (exact) mass is 550 g/mol. The molecule has 1 aliphatic heterocycles. The summed E-state index contributed by atoms with van der Waals surface area (Å²) in [6, 6.07) is 2.76. The maximum atomic E-state index is 13.3. The van der Waals surface area contributed by atoms with E-state index in [-0.39, 0.29) is 30.4 Å². The molecule has 1 saturated heterocycles. The van der Waals surface area contributed by atoms with E-state index in [1.807, 2.05) is 0 Å². The second-order valence-electron chi connectivity index (χ2n) is 9.73. The number of phenolic OH excluding ortho intramolecular Hbond substituents is 4. The van der Waals surface area contributed by atoms with Gasteiger partial charge in [-0.3, -0.25) is 9.59 Å². The van der Waals surface area contributed by atoms with Gasteiger partial charge in [0.15, 0.2) is 12.1 Å². The van der Waals surface area contributed by atoms with Gasteiger partial charge in [0.1, 0.15) is 47.4 Å². The molecule has 0 spiro atoms. The van der Waals surface area contributed by atoms with Crippen LogP contribution in [0.25, 0.3) is 0 Å². The smallest absolute Gasteiger partial charge is 0.201 e. The molecule has 9 N–H and O–H groups in total. The molecule has 1 unspecified atom stereocenters. The van der Waals surface area contributed by atoms with Crippen LogP contribution in [0.3, 0.4) is 0 Å². The summed E-state index contributed by atoms with van der Waals surface area (Å²) < 4.78 is 11.2. The number of ketones is 2. The van der Waals surface area contributed by atoms with Crippen molar-refractivity contribution in [1.82, 2.24) is 0 Å². The van der Waals surface area contributed by atoms with Crippen LogP contribution in [0.2, 0.25) is 0 Å². The number of aromatic hydroxyl groups is 4. The molecule has 1 heterocycles. The lowest BCUT2D eigenvalue weighted by molar-refractivity contribution is -0.205. The fraction of sp³-hybridized carbons (Fsp3) is 0.462. The van der Waals surface area contributed by atoms with Gasteiger partial charge in [0.25, 0.3) is 0 Å². The summed E-state index contributed by atoms with van der Waals surface area (Å²) in [6.07, 6.45) is -9.50. The number of phenols is 4. The lowest BCUT2D eigenvalue weighted by Gasteiger charge is -2.28. The van der Waals surface area contributed by atoms with Crippen molar-refractivity contribution in [2.24, 2.45) is 0 Å². The van der Waals surface area contributed by atoms with Crippen LogP contribution in [-0.2, 0) is 9.47 Å². The zero-order valence-corrected chi connectivity index (χ0v) is 20.8. The summed E-state index contributed by atoms with van der Waals surface area (Å²) in [6.45, 7) is 0.754. The standard InChI is InChI=1S/C26H30O13/c1-9(28)3-2-4-16(38-26-24(37)23(36)25(39-26)15(32)8-27)19-14(31)7-12-18(22(19)35)21(34)17-11(20(12)33)5-10(29)6-13(17)30/h5-7,9,15-16,23-32,35-37H,2-4,8H2,1H3/t9?,15-,16+,23-,24-,25+,26-/m1/s1. The molecule has 13 heteroatoms. The number of hydrogen-bond donors (Lipinski definition) is 9. The number of rotatable bonds is 9. The van der Waals surface area contributed by atoms with E-state index in [1.165, 1.54) is 6.92 Å². The zero-order valence-electron chi connectivity index (χ0n) is 20.8. The highest BCUT2D eigenvalue weighted by Gasteiger charge is 2.48. The Morgan fingerprint density at radius 3 is 2.21 bits per heavy atom. The van der Waals surface area contributed by atoms with Crippen molar-refractivity contribution in [3.63, 3.8) is 0 Å². The summed E-state index contributed by atoms with van der Waals surface area (Å²) in [7, 11) is 0. The molecular weight excluding hydrogens is 520 g/mol. The van der Waals surface area contributed by atoms with Gasteiger partial charge in [0.05, 0.1) is 35.5 Å². The lowest BCUT2D eigenvalue weighted by atomic mass is 9.81. The number of carbonyl (C=O) groups excluding carboxylic acids is 2. The first-order chi connectivity index (χ1) is 18.4. The number of aliphatic hydroxyl groups is 5. The third-order valence-electron chi connectivity index (χ3n) is 6.90. The summed E-state index contributed by atoms with van der Waals surface area (Å²) >= 11 is 0. The average molecular weight is 551 g/mol. The van der Waals surface area contributed by atoms with Crippen LogP contribution in [-0.4, -0.2) is 101 Å². The molecule has 7 atom stereocenters. The van der Waals surface area contributed by atoms with Crippen molar-refractivity contribution in [1.29, 1.82) is 0 Å². The minimum absolute atomic E-state index is 0.0153. The summed E-state index contributed by atoms with van der Waals surface area (Å²) in [5, 5.41) is 91.6.